The van der Waals surface area contributed by atoms with Crippen molar-refractivity contribution in [3.05, 3.63) is 12.2 Å². The molecule has 1 amide bonds. The Balaban J connectivity index is 2.61. The summed E-state index contributed by atoms with van der Waals surface area (Å²) in [4.78, 5) is 15.6. The van der Waals surface area contributed by atoms with Gasteiger partial charge in [-0.2, -0.15) is 16.9 Å². The van der Waals surface area contributed by atoms with Crippen LogP contribution in [0.15, 0.2) is 6.33 Å². The van der Waals surface area contributed by atoms with Crippen molar-refractivity contribution in [3.8, 4) is 0 Å². The Kier molecular flexibility index (Phi) is 5.31. The number of hydrogen-bond acceptors (Lipinski definition) is 4. The molecule has 0 fully saturated rings. The highest BCUT2D eigenvalue weighted by atomic mass is 32.2. The molecule has 1 rings (SSSR count). The van der Waals surface area contributed by atoms with Gasteiger partial charge in [-0.3, -0.25) is 4.79 Å². The van der Waals surface area contributed by atoms with E-state index in [9.17, 15) is 4.79 Å². The van der Waals surface area contributed by atoms with Crippen molar-refractivity contribution >= 4 is 17.7 Å². The number of carbonyl (C=O) groups is 1. The summed E-state index contributed by atoms with van der Waals surface area (Å²) in [6, 6.07) is -0.0892. The van der Waals surface area contributed by atoms with Crippen LogP contribution in [0.4, 0.5) is 0 Å². The molecule has 1 heterocycles. The number of nitrogens with one attached hydrogen (secondary N) is 1. The van der Waals surface area contributed by atoms with E-state index in [1.54, 1.807) is 0 Å². The third kappa shape index (κ3) is 3.52. The van der Waals surface area contributed by atoms with Gasteiger partial charge in [-0.15, -0.1) is 0 Å². The Bertz CT molecular complexity index is 339. The van der Waals surface area contributed by atoms with Crippen LogP contribution in [-0.2, 0) is 11.3 Å². The van der Waals surface area contributed by atoms with E-state index in [4.69, 9.17) is 0 Å². The monoisotopic (exact) mass is 242 g/mol. The van der Waals surface area contributed by atoms with Crippen molar-refractivity contribution in [2.24, 2.45) is 0 Å². The molecule has 1 N–H and O–H groups in total. The van der Waals surface area contributed by atoms with E-state index in [1.165, 1.54) is 18.1 Å². The summed E-state index contributed by atoms with van der Waals surface area (Å²) in [5.41, 5.74) is 0. The standard InChI is InChI=1S/C10H18N4OS/c1-4-5-14-10(11-7-12-14)8(2)13-9(15)6-16-3/h7-8H,4-6H2,1-3H3,(H,13,15). The minimum absolute atomic E-state index is 0.0334. The van der Waals surface area contributed by atoms with Crippen molar-refractivity contribution in [1.29, 1.82) is 0 Å². The predicted octanol–water partition coefficient (Wildman–Crippen LogP) is 1.23. The third-order valence-corrected chi connectivity index (χ3v) is 2.67. The quantitative estimate of drug-likeness (QED) is 0.815. The highest BCUT2D eigenvalue weighted by Crippen LogP contribution is 2.09. The van der Waals surface area contributed by atoms with E-state index < -0.39 is 0 Å². The van der Waals surface area contributed by atoms with Crippen molar-refractivity contribution in [1.82, 2.24) is 20.1 Å². The maximum absolute atomic E-state index is 11.4. The lowest BCUT2D eigenvalue weighted by molar-refractivity contribution is -0.119. The zero-order valence-electron chi connectivity index (χ0n) is 9.93. The summed E-state index contributed by atoms with van der Waals surface area (Å²) in [7, 11) is 0. The maximum atomic E-state index is 11.4. The normalized spacial score (nSPS) is 12.4. The zero-order valence-corrected chi connectivity index (χ0v) is 10.8. The molecule has 0 spiro atoms. The van der Waals surface area contributed by atoms with Gasteiger partial charge in [-0.1, -0.05) is 6.92 Å². The summed E-state index contributed by atoms with van der Waals surface area (Å²) in [6.07, 6.45) is 4.44. The molecule has 16 heavy (non-hydrogen) atoms. The number of aryl methyl sites for hydroxylation is 1. The van der Waals surface area contributed by atoms with E-state index in [0.29, 0.717) is 5.75 Å². The first-order valence-corrected chi connectivity index (χ1v) is 6.74. The molecule has 1 unspecified atom stereocenters. The van der Waals surface area contributed by atoms with Crippen LogP contribution in [0.2, 0.25) is 0 Å². The topological polar surface area (TPSA) is 59.8 Å². The van der Waals surface area contributed by atoms with Gasteiger partial charge >= 0.3 is 0 Å². The average molecular weight is 242 g/mol. The molecule has 0 saturated carbocycles. The minimum atomic E-state index is -0.0892. The smallest absolute Gasteiger partial charge is 0.230 e. The largest absolute Gasteiger partial charge is 0.346 e. The maximum Gasteiger partial charge on any atom is 0.230 e. The van der Waals surface area contributed by atoms with Crippen molar-refractivity contribution < 1.29 is 4.79 Å². The van der Waals surface area contributed by atoms with Gasteiger partial charge in [0.2, 0.25) is 5.91 Å². The first-order chi connectivity index (χ1) is 7.69. The second-order valence-corrected chi connectivity index (χ2v) is 4.43. The lowest BCUT2D eigenvalue weighted by Crippen LogP contribution is -2.30. The second-order valence-electron chi connectivity index (χ2n) is 3.56. The summed E-state index contributed by atoms with van der Waals surface area (Å²) < 4.78 is 1.84. The summed E-state index contributed by atoms with van der Waals surface area (Å²) in [5.74, 6) is 1.33. The van der Waals surface area contributed by atoms with E-state index in [2.05, 4.69) is 22.3 Å². The van der Waals surface area contributed by atoms with Crippen molar-refractivity contribution in [2.75, 3.05) is 12.0 Å². The Morgan fingerprint density at radius 3 is 3.06 bits per heavy atom. The van der Waals surface area contributed by atoms with E-state index in [-0.39, 0.29) is 11.9 Å². The van der Waals surface area contributed by atoms with Gasteiger partial charge in [-0.25, -0.2) is 9.67 Å². The predicted molar refractivity (Wildman–Crippen MR) is 65.3 cm³/mol. The lowest BCUT2D eigenvalue weighted by atomic mass is 10.3. The van der Waals surface area contributed by atoms with Crippen LogP contribution in [-0.4, -0.2) is 32.7 Å². The number of carbonyl (C=O) groups excluding carboxylic acids is 1. The fourth-order valence-corrected chi connectivity index (χ4v) is 1.82. The summed E-state index contributed by atoms with van der Waals surface area (Å²) in [5, 5.41) is 7.03. The van der Waals surface area contributed by atoms with Gasteiger partial charge in [0, 0.05) is 6.54 Å². The van der Waals surface area contributed by atoms with Crippen LogP contribution in [0.3, 0.4) is 0 Å². The van der Waals surface area contributed by atoms with Gasteiger partial charge in [0.05, 0.1) is 11.8 Å². The SMILES string of the molecule is CCCn1ncnc1C(C)NC(=O)CSC. The molecule has 90 valence electrons. The first-order valence-electron chi connectivity index (χ1n) is 5.35. The third-order valence-electron chi connectivity index (χ3n) is 2.12. The molecule has 0 saturated heterocycles. The van der Waals surface area contributed by atoms with E-state index in [0.717, 1.165) is 18.8 Å². The number of nitrogens with zero attached hydrogens (tertiary/aromatic N) is 3. The molecule has 0 aliphatic carbocycles. The van der Waals surface area contributed by atoms with Gasteiger partial charge in [0.15, 0.2) is 0 Å². The highest BCUT2D eigenvalue weighted by molar-refractivity contribution is 7.99. The highest BCUT2D eigenvalue weighted by Gasteiger charge is 2.14. The van der Waals surface area contributed by atoms with Crippen LogP contribution in [0, 0.1) is 0 Å². The number of aromatic nitrogens is 3. The Hall–Kier alpha value is -1.04. The average Bonchev–Trinajstić information content (AvgIpc) is 2.66. The Morgan fingerprint density at radius 2 is 2.44 bits per heavy atom. The zero-order chi connectivity index (χ0) is 12.0. The van der Waals surface area contributed by atoms with E-state index in [1.807, 2.05) is 17.9 Å². The molecule has 6 heteroatoms. The van der Waals surface area contributed by atoms with Crippen LogP contribution < -0.4 is 5.32 Å². The Labute approximate surface area is 100 Å². The summed E-state index contributed by atoms with van der Waals surface area (Å²) in [6.45, 7) is 4.84. The fourth-order valence-electron chi connectivity index (χ4n) is 1.47. The molecule has 0 radical (unpaired) electrons. The van der Waals surface area contributed by atoms with Crippen LogP contribution in [0.25, 0.3) is 0 Å². The van der Waals surface area contributed by atoms with Gasteiger partial charge < -0.3 is 5.32 Å². The molecular weight excluding hydrogens is 224 g/mol. The molecule has 5 nitrogen and oxygen atoms in total. The van der Waals surface area contributed by atoms with Gasteiger partial charge in [0.25, 0.3) is 0 Å². The van der Waals surface area contributed by atoms with Gasteiger partial charge in [-0.05, 0) is 19.6 Å². The number of rotatable bonds is 6. The second kappa shape index (κ2) is 6.52. The fraction of sp³-hybridized carbons (Fsp3) is 0.700. The molecule has 1 aromatic heterocycles. The van der Waals surface area contributed by atoms with Crippen LogP contribution in [0.1, 0.15) is 32.1 Å². The first kappa shape index (κ1) is 13.0. The molecule has 0 aliphatic heterocycles. The van der Waals surface area contributed by atoms with Gasteiger partial charge in [0.1, 0.15) is 12.2 Å². The number of thioether (sulfide) groups is 1. The molecule has 1 atom stereocenters. The summed E-state index contributed by atoms with van der Waals surface area (Å²) >= 11 is 1.51. The number of hydrogen-bond donors (Lipinski definition) is 1. The molecule has 1 aromatic rings. The Morgan fingerprint density at radius 1 is 1.69 bits per heavy atom. The number of amides is 1. The van der Waals surface area contributed by atoms with E-state index >= 15 is 0 Å². The minimum Gasteiger partial charge on any atom is -0.346 e. The molecular formula is C10H18N4OS. The molecule has 0 aromatic carbocycles. The van der Waals surface area contributed by atoms with Crippen molar-refractivity contribution in [3.63, 3.8) is 0 Å². The molecule has 0 bridgehead atoms. The van der Waals surface area contributed by atoms with Crippen molar-refractivity contribution in [2.45, 2.75) is 32.9 Å². The van der Waals surface area contributed by atoms with Crippen LogP contribution >= 0.6 is 11.8 Å². The molecule has 0 aliphatic rings. The lowest BCUT2D eigenvalue weighted by Gasteiger charge is -2.13. The van der Waals surface area contributed by atoms with Crippen LogP contribution in [0.5, 0.6) is 0 Å².